The average molecular weight is 348 g/mol. The number of rotatable bonds is 5. The third-order valence-electron chi connectivity index (χ3n) is 2.26. The van der Waals surface area contributed by atoms with Crippen molar-refractivity contribution >= 4 is 39.3 Å². The summed E-state index contributed by atoms with van der Waals surface area (Å²) in [5.74, 6) is 0.157. The Hall–Kier alpha value is 0.130. The van der Waals surface area contributed by atoms with E-state index in [4.69, 9.17) is 11.6 Å². The highest BCUT2D eigenvalue weighted by molar-refractivity contribution is 9.09. The predicted octanol–water partition coefficient (Wildman–Crippen LogP) is 5.46. The van der Waals surface area contributed by atoms with E-state index >= 15 is 0 Å². The minimum absolute atomic E-state index is 0.0282. The minimum atomic E-state index is -4.14. The quantitative estimate of drug-likeness (QED) is 0.637. The summed E-state index contributed by atoms with van der Waals surface area (Å²) < 4.78 is 36.0. The number of thioether (sulfide) groups is 1. The van der Waals surface area contributed by atoms with Crippen molar-refractivity contribution in [2.75, 3.05) is 11.1 Å². The highest BCUT2D eigenvalue weighted by Gasteiger charge is 2.28. The van der Waals surface area contributed by atoms with E-state index in [2.05, 4.69) is 15.9 Å². The van der Waals surface area contributed by atoms with Gasteiger partial charge in [-0.05, 0) is 30.0 Å². The molecule has 0 radical (unpaired) electrons. The van der Waals surface area contributed by atoms with Crippen LogP contribution in [0.25, 0.3) is 0 Å². The molecule has 1 atom stereocenters. The molecule has 0 N–H and O–H groups in total. The van der Waals surface area contributed by atoms with Gasteiger partial charge >= 0.3 is 5.51 Å². The molecule has 0 spiro atoms. The van der Waals surface area contributed by atoms with Gasteiger partial charge in [-0.2, -0.15) is 13.2 Å². The van der Waals surface area contributed by atoms with E-state index in [0.717, 1.165) is 5.56 Å². The molecule has 0 bridgehead atoms. The maximum atomic E-state index is 12.0. The fourth-order valence-corrected chi connectivity index (χ4v) is 2.84. The van der Waals surface area contributed by atoms with Crippen molar-refractivity contribution in [1.82, 2.24) is 0 Å². The molecule has 0 nitrogen and oxygen atoms in total. The van der Waals surface area contributed by atoms with Crippen molar-refractivity contribution in [1.29, 1.82) is 0 Å². The van der Waals surface area contributed by atoms with E-state index in [1.807, 2.05) is 12.1 Å². The molecule has 0 saturated heterocycles. The van der Waals surface area contributed by atoms with Crippen LogP contribution in [0.15, 0.2) is 24.3 Å². The number of benzene rings is 1. The molecule has 0 fully saturated rings. The van der Waals surface area contributed by atoms with Crippen LogP contribution in [0.3, 0.4) is 0 Å². The normalized spacial score (nSPS) is 13.7. The van der Waals surface area contributed by atoms with Crippen LogP contribution in [0.1, 0.15) is 17.9 Å². The van der Waals surface area contributed by atoms with Crippen LogP contribution in [0.5, 0.6) is 0 Å². The van der Waals surface area contributed by atoms with Gasteiger partial charge in [0, 0.05) is 16.1 Å². The molecule has 0 saturated carbocycles. The van der Waals surface area contributed by atoms with E-state index in [1.54, 1.807) is 12.1 Å². The van der Waals surface area contributed by atoms with E-state index in [-0.39, 0.29) is 23.4 Å². The fourth-order valence-electron chi connectivity index (χ4n) is 1.38. The summed E-state index contributed by atoms with van der Waals surface area (Å²) in [5.41, 5.74) is -3.13. The third kappa shape index (κ3) is 6.02. The Morgan fingerprint density at radius 3 is 2.29 bits per heavy atom. The van der Waals surface area contributed by atoms with Crippen LogP contribution in [0.4, 0.5) is 13.2 Å². The monoisotopic (exact) mass is 346 g/mol. The molecule has 0 aromatic heterocycles. The second-order valence-corrected chi connectivity index (χ2v) is 5.73. The molecular formula is C11H11BrClF3S. The standard InChI is InChI=1S/C11H11BrClF3S/c12-7-9(5-6-17-11(14,15)16)8-1-3-10(13)4-2-8/h1-4,9H,5-7H2. The summed E-state index contributed by atoms with van der Waals surface area (Å²) in [7, 11) is 0. The van der Waals surface area contributed by atoms with Gasteiger partial charge in [0.05, 0.1) is 0 Å². The molecule has 0 aliphatic heterocycles. The number of halogens is 5. The van der Waals surface area contributed by atoms with Crippen molar-refractivity contribution in [3.8, 4) is 0 Å². The Balaban J connectivity index is 2.51. The second kappa shape index (κ2) is 6.90. The Kier molecular flexibility index (Phi) is 6.17. The SMILES string of the molecule is FC(F)(F)SCCC(CBr)c1ccc(Cl)cc1. The lowest BCUT2D eigenvalue weighted by molar-refractivity contribution is -0.0328. The zero-order valence-electron chi connectivity index (χ0n) is 8.81. The number of hydrogen-bond acceptors (Lipinski definition) is 1. The van der Waals surface area contributed by atoms with Gasteiger partial charge in [0.2, 0.25) is 0 Å². The summed E-state index contributed by atoms with van der Waals surface area (Å²) >= 11 is 9.12. The largest absolute Gasteiger partial charge is 0.441 e. The second-order valence-electron chi connectivity index (χ2n) is 3.49. The number of hydrogen-bond donors (Lipinski definition) is 0. The zero-order valence-corrected chi connectivity index (χ0v) is 12.0. The Morgan fingerprint density at radius 1 is 1.24 bits per heavy atom. The van der Waals surface area contributed by atoms with E-state index in [0.29, 0.717) is 16.8 Å². The van der Waals surface area contributed by atoms with Crippen LogP contribution in [0.2, 0.25) is 5.02 Å². The van der Waals surface area contributed by atoms with Gasteiger partial charge in [0.1, 0.15) is 0 Å². The lowest BCUT2D eigenvalue weighted by Crippen LogP contribution is -2.06. The van der Waals surface area contributed by atoms with Crippen molar-refractivity contribution in [2.45, 2.75) is 17.8 Å². The molecule has 1 aromatic carbocycles. The fraction of sp³-hybridized carbons (Fsp3) is 0.455. The van der Waals surface area contributed by atoms with Crippen LogP contribution < -0.4 is 0 Å². The molecule has 1 aromatic rings. The Morgan fingerprint density at radius 2 is 1.82 bits per heavy atom. The highest BCUT2D eigenvalue weighted by atomic mass is 79.9. The third-order valence-corrected chi connectivity index (χ3v) is 4.06. The maximum Gasteiger partial charge on any atom is 0.441 e. The number of alkyl halides is 4. The smallest absolute Gasteiger partial charge is 0.160 e. The summed E-state index contributed by atoms with van der Waals surface area (Å²) in [4.78, 5) is 0. The van der Waals surface area contributed by atoms with Gasteiger partial charge in [-0.25, -0.2) is 0 Å². The van der Waals surface area contributed by atoms with Gasteiger partial charge in [-0.3, -0.25) is 0 Å². The first-order valence-corrected chi connectivity index (χ1v) is 7.43. The van der Waals surface area contributed by atoms with Crippen LogP contribution in [0, 0.1) is 0 Å². The lowest BCUT2D eigenvalue weighted by Gasteiger charge is -2.15. The molecule has 0 aliphatic carbocycles. The van der Waals surface area contributed by atoms with Gasteiger partial charge in [0.25, 0.3) is 0 Å². The molecule has 1 unspecified atom stereocenters. The van der Waals surface area contributed by atoms with Crippen molar-refractivity contribution in [3.63, 3.8) is 0 Å². The summed E-state index contributed by atoms with van der Waals surface area (Å²) in [6.45, 7) is 0. The van der Waals surface area contributed by atoms with Crippen LogP contribution >= 0.6 is 39.3 Å². The molecule has 0 heterocycles. The average Bonchev–Trinajstić information content (AvgIpc) is 2.24. The first kappa shape index (κ1) is 15.2. The highest BCUT2D eigenvalue weighted by Crippen LogP contribution is 2.33. The Labute approximate surface area is 116 Å². The van der Waals surface area contributed by atoms with Crippen LogP contribution in [-0.4, -0.2) is 16.6 Å². The first-order valence-electron chi connectivity index (χ1n) is 4.94. The van der Waals surface area contributed by atoms with E-state index in [9.17, 15) is 13.2 Å². The zero-order chi connectivity index (χ0) is 12.9. The minimum Gasteiger partial charge on any atom is -0.160 e. The molecule has 17 heavy (non-hydrogen) atoms. The van der Waals surface area contributed by atoms with Crippen molar-refractivity contribution < 1.29 is 13.2 Å². The molecular weight excluding hydrogens is 337 g/mol. The Bertz CT molecular complexity index is 340. The van der Waals surface area contributed by atoms with Gasteiger partial charge in [-0.1, -0.05) is 51.4 Å². The predicted molar refractivity (Wildman–Crippen MR) is 71.1 cm³/mol. The topological polar surface area (TPSA) is 0 Å². The van der Waals surface area contributed by atoms with E-state index in [1.165, 1.54) is 0 Å². The molecule has 1 rings (SSSR count). The van der Waals surface area contributed by atoms with Gasteiger partial charge < -0.3 is 0 Å². The van der Waals surface area contributed by atoms with Gasteiger partial charge in [0.15, 0.2) is 0 Å². The summed E-state index contributed by atoms with van der Waals surface area (Å²) in [6, 6.07) is 7.21. The maximum absolute atomic E-state index is 12.0. The van der Waals surface area contributed by atoms with E-state index < -0.39 is 5.51 Å². The van der Waals surface area contributed by atoms with Crippen molar-refractivity contribution in [2.24, 2.45) is 0 Å². The van der Waals surface area contributed by atoms with Crippen molar-refractivity contribution in [3.05, 3.63) is 34.9 Å². The summed E-state index contributed by atoms with van der Waals surface area (Å²) in [6.07, 6.45) is 0.483. The first-order chi connectivity index (χ1) is 7.92. The van der Waals surface area contributed by atoms with Gasteiger partial charge in [-0.15, -0.1) is 0 Å². The molecule has 96 valence electrons. The molecule has 6 heteroatoms. The molecule has 0 aliphatic rings. The van der Waals surface area contributed by atoms with Crippen LogP contribution in [-0.2, 0) is 0 Å². The lowest BCUT2D eigenvalue weighted by atomic mass is 9.99. The molecule has 0 amide bonds. The summed E-state index contributed by atoms with van der Waals surface area (Å²) in [5, 5.41) is 1.28.